The summed E-state index contributed by atoms with van der Waals surface area (Å²) in [6.45, 7) is 0. The monoisotopic (exact) mass is 302 g/mol. The zero-order valence-corrected chi connectivity index (χ0v) is 10.7. The first kappa shape index (κ1) is 11.4. The van der Waals surface area contributed by atoms with Gasteiger partial charge in [-0.2, -0.15) is 0 Å². The van der Waals surface area contributed by atoms with Gasteiger partial charge in [-0.3, -0.25) is 0 Å². The van der Waals surface area contributed by atoms with E-state index < -0.39 is 0 Å². The van der Waals surface area contributed by atoms with Gasteiger partial charge in [-0.25, -0.2) is 0 Å². The Kier molecular flexibility index (Phi) is 3.46. The van der Waals surface area contributed by atoms with Gasteiger partial charge >= 0.3 is 0 Å². The molecule has 0 N–H and O–H groups in total. The Hall–Kier alpha value is -1.07. The molecule has 0 saturated carbocycles. The maximum Gasteiger partial charge on any atom is 0.251 e. The topological polar surface area (TPSA) is 48.2 Å². The number of ether oxygens (including phenoxy) is 1. The molecule has 0 bridgehead atoms. The molecule has 84 valence electrons. The minimum absolute atomic E-state index is 0.198. The average molecular weight is 304 g/mol. The normalized spacial score (nSPS) is 10.4. The lowest BCUT2D eigenvalue weighted by Gasteiger charge is -2.04. The third-order valence-corrected chi connectivity index (χ3v) is 2.69. The van der Waals surface area contributed by atoms with Crippen LogP contribution in [0.25, 0.3) is 11.5 Å². The van der Waals surface area contributed by atoms with Crippen LogP contribution in [0.3, 0.4) is 0 Å². The Morgan fingerprint density at radius 2 is 2.25 bits per heavy atom. The van der Waals surface area contributed by atoms with Crippen molar-refractivity contribution >= 4 is 27.5 Å². The molecule has 0 aliphatic heterocycles. The van der Waals surface area contributed by atoms with Gasteiger partial charge in [0.25, 0.3) is 5.89 Å². The van der Waals surface area contributed by atoms with Gasteiger partial charge in [-0.15, -0.1) is 21.8 Å². The van der Waals surface area contributed by atoms with E-state index in [0.717, 1.165) is 10.0 Å². The zero-order valence-electron chi connectivity index (χ0n) is 8.41. The van der Waals surface area contributed by atoms with Crippen LogP contribution in [0.4, 0.5) is 0 Å². The fourth-order valence-electron chi connectivity index (χ4n) is 1.26. The fraction of sp³-hybridized carbons (Fsp3) is 0.200. The standard InChI is InChI=1S/C10H8BrClN2O2/c1-15-8-3-2-6(11)4-7(8)10-14-13-9(5-12)16-10/h2-4H,5H2,1H3. The minimum Gasteiger partial charge on any atom is -0.496 e. The van der Waals surface area contributed by atoms with Crippen molar-refractivity contribution in [2.45, 2.75) is 5.88 Å². The summed E-state index contributed by atoms with van der Waals surface area (Å²) in [5, 5.41) is 7.70. The number of halogens is 2. The summed E-state index contributed by atoms with van der Waals surface area (Å²) in [6, 6.07) is 5.55. The number of rotatable bonds is 3. The van der Waals surface area contributed by atoms with Crippen molar-refractivity contribution in [2.75, 3.05) is 7.11 Å². The maximum atomic E-state index is 5.60. The Morgan fingerprint density at radius 3 is 2.88 bits per heavy atom. The highest BCUT2D eigenvalue weighted by atomic mass is 79.9. The first-order valence-corrected chi connectivity index (χ1v) is 5.79. The molecule has 6 heteroatoms. The second-order valence-electron chi connectivity index (χ2n) is 2.98. The lowest BCUT2D eigenvalue weighted by Crippen LogP contribution is -1.88. The van der Waals surface area contributed by atoms with Gasteiger partial charge in [0.15, 0.2) is 0 Å². The van der Waals surface area contributed by atoms with Gasteiger partial charge < -0.3 is 9.15 Å². The molecule has 1 heterocycles. The molecule has 0 fully saturated rings. The number of nitrogens with zero attached hydrogens (tertiary/aromatic N) is 2. The van der Waals surface area contributed by atoms with E-state index in [4.69, 9.17) is 20.8 Å². The molecule has 0 saturated heterocycles. The highest BCUT2D eigenvalue weighted by Gasteiger charge is 2.13. The van der Waals surface area contributed by atoms with E-state index in [1.54, 1.807) is 7.11 Å². The predicted molar refractivity (Wildman–Crippen MR) is 63.5 cm³/mol. The molecule has 0 amide bonds. The number of hydrogen-bond acceptors (Lipinski definition) is 4. The van der Waals surface area contributed by atoms with Crippen molar-refractivity contribution in [3.8, 4) is 17.2 Å². The lowest BCUT2D eigenvalue weighted by atomic mass is 10.2. The van der Waals surface area contributed by atoms with Crippen molar-refractivity contribution < 1.29 is 9.15 Å². The summed E-state index contributed by atoms with van der Waals surface area (Å²) < 4.78 is 11.5. The van der Waals surface area contributed by atoms with Crippen LogP contribution in [-0.2, 0) is 5.88 Å². The highest BCUT2D eigenvalue weighted by molar-refractivity contribution is 9.10. The van der Waals surface area contributed by atoms with Crippen LogP contribution in [0, 0.1) is 0 Å². The van der Waals surface area contributed by atoms with Gasteiger partial charge in [0.05, 0.1) is 12.7 Å². The van der Waals surface area contributed by atoms with Crippen LogP contribution in [0.1, 0.15) is 5.89 Å². The molecule has 16 heavy (non-hydrogen) atoms. The molecule has 0 radical (unpaired) electrons. The Morgan fingerprint density at radius 1 is 1.44 bits per heavy atom. The third-order valence-electron chi connectivity index (χ3n) is 1.97. The largest absolute Gasteiger partial charge is 0.496 e. The van der Waals surface area contributed by atoms with Gasteiger partial charge in [-0.05, 0) is 18.2 Å². The number of benzene rings is 1. The average Bonchev–Trinajstić information content (AvgIpc) is 2.77. The van der Waals surface area contributed by atoms with Crippen LogP contribution in [0.5, 0.6) is 5.75 Å². The molecule has 0 aliphatic rings. The van der Waals surface area contributed by atoms with E-state index >= 15 is 0 Å². The predicted octanol–water partition coefficient (Wildman–Crippen LogP) is 3.25. The van der Waals surface area contributed by atoms with E-state index in [9.17, 15) is 0 Å². The molecule has 0 spiro atoms. The Labute approximate surface area is 106 Å². The summed E-state index contributed by atoms with van der Waals surface area (Å²) in [7, 11) is 1.59. The molecule has 0 unspecified atom stereocenters. The van der Waals surface area contributed by atoms with Crippen molar-refractivity contribution in [3.63, 3.8) is 0 Å². The lowest BCUT2D eigenvalue weighted by molar-refractivity contribution is 0.413. The first-order chi connectivity index (χ1) is 7.74. The second-order valence-corrected chi connectivity index (χ2v) is 4.16. The van der Waals surface area contributed by atoms with Crippen molar-refractivity contribution in [1.29, 1.82) is 0 Å². The molecule has 1 aromatic heterocycles. The van der Waals surface area contributed by atoms with E-state index in [1.807, 2.05) is 18.2 Å². The van der Waals surface area contributed by atoms with Crippen molar-refractivity contribution in [1.82, 2.24) is 10.2 Å². The number of alkyl halides is 1. The Bertz CT molecular complexity index is 501. The third kappa shape index (κ3) is 2.20. The summed E-state index contributed by atoms with van der Waals surface area (Å²) in [4.78, 5) is 0. The van der Waals surface area contributed by atoms with Crippen LogP contribution in [-0.4, -0.2) is 17.3 Å². The van der Waals surface area contributed by atoms with E-state index in [1.165, 1.54) is 0 Å². The molecule has 0 atom stereocenters. The molecule has 2 rings (SSSR count). The number of aromatic nitrogens is 2. The smallest absolute Gasteiger partial charge is 0.251 e. The number of hydrogen-bond donors (Lipinski definition) is 0. The van der Waals surface area contributed by atoms with Crippen molar-refractivity contribution in [2.24, 2.45) is 0 Å². The number of methoxy groups -OCH3 is 1. The van der Waals surface area contributed by atoms with E-state index in [0.29, 0.717) is 17.5 Å². The van der Waals surface area contributed by atoms with Gasteiger partial charge in [0, 0.05) is 4.47 Å². The van der Waals surface area contributed by atoms with Gasteiger partial charge in [0.2, 0.25) is 5.89 Å². The molecule has 4 nitrogen and oxygen atoms in total. The fourth-order valence-corrected chi connectivity index (χ4v) is 1.73. The molecule has 2 aromatic rings. The van der Waals surface area contributed by atoms with E-state index in [2.05, 4.69) is 26.1 Å². The van der Waals surface area contributed by atoms with Crippen LogP contribution >= 0.6 is 27.5 Å². The highest BCUT2D eigenvalue weighted by Crippen LogP contribution is 2.31. The summed E-state index contributed by atoms with van der Waals surface area (Å²) in [5.41, 5.74) is 0.737. The van der Waals surface area contributed by atoms with Crippen molar-refractivity contribution in [3.05, 3.63) is 28.6 Å². The summed E-state index contributed by atoms with van der Waals surface area (Å²) in [5.74, 6) is 1.66. The SMILES string of the molecule is COc1ccc(Br)cc1-c1nnc(CCl)o1. The molecule has 0 aliphatic carbocycles. The van der Waals surface area contributed by atoms with Gasteiger partial charge in [0.1, 0.15) is 11.6 Å². The summed E-state index contributed by atoms with van der Waals surface area (Å²) >= 11 is 8.97. The molecular weight excluding hydrogens is 295 g/mol. The van der Waals surface area contributed by atoms with Gasteiger partial charge in [-0.1, -0.05) is 15.9 Å². The quantitative estimate of drug-likeness (QED) is 0.817. The minimum atomic E-state index is 0.198. The van der Waals surface area contributed by atoms with E-state index in [-0.39, 0.29) is 5.88 Å². The summed E-state index contributed by atoms with van der Waals surface area (Å²) in [6.07, 6.45) is 0. The molecule has 1 aromatic carbocycles. The Balaban J connectivity index is 2.49. The molecular formula is C10H8BrClN2O2. The second kappa shape index (κ2) is 4.84. The first-order valence-electron chi connectivity index (χ1n) is 4.47. The van der Waals surface area contributed by atoms with Crippen LogP contribution in [0.15, 0.2) is 27.1 Å². The van der Waals surface area contributed by atoms with Crippen LogP contribution < -0.4 is 4.74 Å². The van der Waals surface area contributed by atoms with Crippen LogP contribution in [0.2, 0.25) is 0 Å². The maximum absolute atomic E-state index is 5.60. The zero-order chi connectivity index (χ0) is 11.5.